The van der Waals surface area contributed by atoms with Gasteiger partial charge in [-0.2, -0.15) is 0 Å². The fourth-order valence-corrected chi connectivity index (χ4v) is 3.09. The van der Waals surface area contributed by atoms with Crippen LogP contribution < -0.4 is 14.8 Å². The Morgan fingerprint density at radius 2 is 1.70 bits per heavy atom. The van der Waals surface area contributed by atoms with Crippen LogP contribution in [0.25, 0.3) is 0 Å². The van der Waals surface area contributed by atoms with Crippen LogP contribution in [-0.4, -0.2) is 48.8 Å². The second-order valence-electron chi connectivity index (χ2n) is 7.19. The van der Waals surface area contributed by atoms with E-state index < -0.39 is 0 Å². The summed E-state index contributed by atoms with van der Waals surface area (Å²) < 4.78 is 10.9. The van der Waals surface area contributed by atoms with Crippen LogP contribution in [-0.2, 0) is 9.59 Å². The van der Waals surface area contributed by atoms with Gasteiger partial charge in [-0.3, -0.25) is 14.4 Å². The highest BCUT2D eigenvalue weighted by Crippen LogP contribution is 2.29. The first kappa shape index (κ1) is 21.4. The van der Waals surface area contributed by atoms with E-state index in [0.29, 0.717) is 29.3 Å². The molecule has 0 atom stereocenters. The van der Waals surface area contributed by atoms with E-state index >= 15 is 0 Å². The van der Waals surface area contributed by atoms with Gasteiger partial charge in [0.2, 0.25) is 5.91 Å². The van der Waals surface area contributed by atoms with Gasteiger partial charge < -0.3 is 19.7 Å². The van der Waals surface area contributed by atoms with Crippen molar-refractivity contribution >= 4 is 23.3 Å². The summed E-state index contributed by atoms with van der Waals surface area (Å²) in [5.41, 5.74) is 1.21. The molecule has 2 aromatic carbocycles. The summed E-state index contributed by atoms with van der Waals surface area (Å²) in [6, 6.07) is 14.1. The van der Waals surface area contributed by atoms with Crippen molar-refractivity contribution in [3.8, 4) is 11.5 Å². The maximum absolute atomic E-state index is 12.7. The van der Waals surface area contributed by atoms with Gasteiger partial charge in [-0.25, -0.2) is 0 Å². The number of ketones is 1. The lowest BCUT2D eigenvalue weighted by atomic mass is 10.1. The van der Waals surface area contributed by atoms with Crippen LogP contribution in [0.5, 0.6) is 11.5 Å². The highest BCUT2D eigenvalue weighted by molar-refractivity contribution is 5.95. The lowest BCUT2D eigenvalue weighted by molar-refractivity contribution is -0.134. The Morgan fingerprint density at radius 3 is 2.30 bits per heavy atom. The number of hydrogen-bond acceptors (Lipinski definition) is 5. The zero-order valence-corrected chi connectivity index (χ0v) is 17.2. The molecule has 158 valence electrons. The van der Waals surface area contributed by atoms with Crippen molar-refractivity contribution < 1.29 is 23.9 Å². The first-order chi connectivity index (χ1) is 14.5. The summed E-state index contributed by atoms with van der Waals surface area (Å²) >= 11 is 0. The molecule has 2 amide bonds. The fraction of sp³-hybridized carbons (Fsp3) is 0.348. The van der Waals surface area contributed by atoms with E-state index in [-0.39, 0.29) is 36.7 Å². The zero-order chi connectivity index (χ0) is 21.5. The molecule has 7 heteroatoms. The Kier molecular flexibility index (Phi) is 7.06. The van der Waals surface area contributed by atoms with Gasteiger partial charge in [0.05, 0.1) is 7.11 Å². The number of methoxy groups -OCH3 is 1. The summed E-state index contributed by atoms with van der Waals surface area (Å²) in [5, 5.41) is 2.80. The molecule has 3 rings (SSSR count). The summed E-state index contributed by atoms with van der Waals surface area (Å²) in [6.45, 7) is 1.72. The monoisotopic (exact) mass is 410 g/mol. The highest BCUT2D eigenvalue weighted by Gasteiger charge is 2.32. The molecule has 0 radical (unpaired) electrons. The smallest absolute Gasteiger partial charge is 0.260 e. The number of amides is 2. The molecule has 1 saturated carbocycles. The number of para-hydroxylation sites is 2. The van der Waals surface area contributed by atoms with Gasteiger partial charge >= 0.3 is 0 Å². The summed E-state index contributed by atoms with van der Waals surface area (Å²) in [4.78, 5) is 38.0. The lowest BCUT2D eigenvalue weighted by Gasteiger charge is -2.22. The molecule has 0 saturated heterocycles. The van der Waals surface area contributed by atoms with Crippen molar-refractivity contribution in [2.24, 2.45) is 0 Å². The van der Waals surface area contributed by atoms with Gasteiger partial charge in [-0.05, 0) is 56.2 Å². The SMILES string of the molecule is COc1ccccc1OCC(=O)N(CCC(=O)Nc1ccc(C(C)=O)cc1)C1CC1. The Labute approximate surface area is 176 Å². The van der Waals surface area contributed by atoms with Crippen LogP contribution in [0.3, 0.4) is 0 Å². The number of carbonyl (C=O) groups excluding carboxylic acids is 3. The topological polar surface area (TPSA) is 84.9 Å². The molecular formula is C23H26N2O5. The van der Waals surface area contributed by atoms with E-state index in [4.69, 9.17) is 9.47 Å². The lowest BCUT2D eigenvalue weighted by Crippen LogP contribution is -2.38. The van der Waals surface area contributed by atoms with Crippen molar-refractivity contribution in [3.05, 3.63) is 54.1 Å². The molecule has 0 heterocycles. The molecule has 1 N–H and O–H groups in total. The van der Waals surface area contributed by atoms with E-state index in [2.05, 4.69) is 5.32 Å². The van der Waals surface area contributed by atoms with Crippen LogP contribution in [0.15, 0.2) is 48.5 Å². The van der Waals surface area contributed by atoms with E-state index in [9.17, 15) is 14.4 Å². The van der Waals surface area contributed by atoms with Crippen LogP contribution in [0.1, 0.15) is 36.5 Å². The fourth-order valence-electron chi connectivity index (χ4n) is 3.09. The summed E-state index contributed by atoms with van der Waals surface area (Å²) in [6.07, 6.45) is 2.06. The number of benzene rings is 2. The predicted molar refractivity (Wildman–Crippen MR) is 113 cm³/mol. The Morgan fingerprint density at radius 1 is 1.03 bits per heavy atom. The van der Waals surface area contributed by atoms with Gasteiger partial charge in [0.1, 0.15) is 0 Å². The molecule has 0 unspecified atom stereocenters. The molecular weight excluding hydrogens is 384 g/mol. The molecule has 0 aromatic heterocycles. The minimum absolute atomic E-state index is 0.0261. The van der Waals surface area contributed by atoms with E-state index in [0.717, 1.165) is 12.8 Å². The number of anilines is 1. The maximum atomic E-state index is 12.7. The van der Waals surface area contributed by atoms with E-state index in [1.54, 1.807) is 48.4 Å². The van der Waals surface area contributed by atoms with E-state index in [1.165, 1.54) is 6.92 Å². The minimum Gasteiger partial charge on any atom is -0.493 e. The van der Waals surface area contributed by atoms with Gasteiger partial charge in [0.25, 0.3) is 5.91 Å². The van der Waals surface area contributed by atoms with Crippen molar-refractivity contribution in [2.45, 2.75) is 32.2 Å². The second-order valence-corrected chi connectivity index (χ2v) is 7.19. The molecule has 0 aliphatic heterocycles. The Balaban J connectivity index is 1.50. The third kappa shape index (κ3) is 5.83. The summed E-state index contributed by atoms with van der Waals surface area (Å²) in [5.74, 6) is 0.716. The van der Waals surface area contributed by atoms with Gasteiger partial charge in [0, 0.05) is 30.3 Å². The van der Waals surface area contributed by atoms with Crippen molar-refractivity contribution in [1.29, 1.82) is 0 Å². The molecule has 30 heavy (non-hydrogen) atoms. The molecule has 2 aromatic rings. The molecule has 0 spiro atoms. The largest absolute Gasteiger partial charge is 0.493 e. The number of nitrogens with one attached hydrogen (secondary N) is 1. The maximum Gasteiger partial charge on any atom is 0.260 e. The third-order valence-electron chi connectivity index (χ3n) is 4.88. The number of rotatable bonds is 10. The van der Waals surface area contributed by atoms with E-state index in [1.807, 2.05) is 12.1 Å². The third-order valence-corrected chi connectivity index (χ3v) is 4.88. The predicted octanol–water partition coefficient (Wildman–Crippen LogP) is 3.30. The Hall–Kier alpha value is -3.35. The number of nitrogens with zero attached hydrogens (tertiary/aromatic N) is 1. The number of ether oxygens (including phenoxy) is 2. The molecule has 1 fully saturated rings. The standard InChI is InChI=1S/C23H26N2O5/c1-16(26)17-7-9-18(10-8-17)24-22(27)13-14-25(19-11-12-19)23(28)15-30-21-6-4-3-5-20(21)29-2/h3-10,19H,11-15H2,1-2H3,(H,24,27). The summed E-state index contributed by atoms with van der Waals surface area (Å²) in [7, 11) is 1.55. The average molecular weight is 410 g/mol. The van der Waals surface area contributed by atoms with Crippen molar-refractivity contribution in [3.63, 3.8) is 0 Å². The van der Waals surface area contributed by atoms with Crippen molar-refractivity contribution in [2.75, 3.05) is 25.6 Å². The average Bonchev–Trinajstić information content (AvgIpc) is 3.58. The first-order valence-corrected chi connectivity index (χ1v) is 9.94. The van der Waals surface area contributed by atoms with Gasteiger partial charge in [-0.1, -0.05) is 12.1 Å². The number of hydrogen-bond donors (Lipinski definition) is 1. The van der Waals surface area contributed by atoms with Crippen LogP contribution in [0.2, 0.25) is 0 Å². The highest BCUT2D eigenvalue weighted by atomic mass is 16.5. The molecule has 1 aliphatic rings. The second kappa shape index (κ2) is 9.91. The minimum atomic E-state index is -0.185. The number of Topliss-reactive ketones (excluding diaryl/α,β-unsaturated/α-hetero) is 1. The Bertz CT molecular complexity index is 906. The molecule has 0 bridgehead atoms. The van der Waals surface area contributed by atoms with Crippen molar-refractivity contribution in [1.82, 2.24) is 4.90 Å². The van der Waals surface area contributed by atoms with Gasteiger partial charge in [-0.15, -0.1) is 0 Å². The normalized spacial score (nSPS) is 12.7. The molecule has 1 aliphatic carbocycles. The number of carbonyl (C=O) groups is 3. The van der Waals surface area contributed by atoms with Crippen LogP contribution in [0.4, 0.5) is 5.69 Å². The first-order valence-electron chi connectivity index (χ1n) is 9.94. The van der Waals surface area contributed by atoms with Crippen LogP contribution >= 0.6 is 0 Å². The zero-order valence-electron chi connectivity index (χ0n) is 17.2. The van der Waals surface area contributed by atoms with Gasteiger partial charge in [0.15, 0.2) is 23.9 Å². The van der Waals surface area contributed by atoms with Crippen LogP contribution in [0, 0.1) is 0 Å². The quantitative estimate of drug-likeness (QED) is 0.608. The molecule has 7 nitrogen and oxygen atoms in total.